The van der Waals surface area contributed by atoms with E-state index in [2.05, 4.69) is 0 Å². The van der Waals surface area contributed by atoms with E-state index >= 15 is 0 Å². The SMILES string of the molecule is C[N+](CCOC(=O)Oc1ccccc1)(CCOC(=O)Oc1ccccc1)CCOC(=O)Oc1ccccc1. The molecule has 0 saturated heterocycles. The van der Waals surface area contributed by atoms with Gasteiger partial charge in [-0.2, -0.15) is 0 Å². The Morgan fingerprint density at radius 3 is 1.03 bits per heavy atom. The number of carbonyl (C=O) groups is 3. The first-order valence-corrected chi connectivity index (χ1v) is 11.9. The molecule has 0 amide bonds. The maximum absolute atomic E-state index is 12.0. The van der Waals surface area contributed by atoms with Crippen LogP contribution in [0.4, 0.5) is 14.4 Å². The molecule has 38 heavy (non-hydrogen) atoms. The molecule has 0 saturated carbocycles. The summed E-state index contributed by atoms with van der Waals surface area (Å²) < 4.78 is 31.3. The average Bonchev–Trinajstić information content (AvgIpc) is 2.90. The lowest BCUT2D eigenvalue weighted by Crippen LogP contribution is -2.51. The Morgan fingerprint density at radius 2 is 0.763 bits per heavy atom. The predicted octanol–water partition coefficient (Wildman–Crippen LogP) is 5.08. The van der Waals surface area contributed by atoms with Gasteiger partial charge in [0.05, 0.1) is 7.05 Å². The highest BCUT2D eigenvalue weighted by molar-refractivity contribution is 5.64. The summed E-state index contributed by atoms with van der Waals surface area (Å²) in [7, 11) is 1.85. The van der Waals surface area contributed by atoms with E-state index < -0.39 is 18.5 Å². The number of nitrogens with zero attached hydrogens (tertiary/aromatic N) is 1. The Kier molecular flexibility index (Phi) is 11.0. The lowest BCUT2D eigenvalue weighted by molar-refractivity contribution is -0.910. The van der Waals surface area contributed by atoms with E-state index in [1.165, 1.54) is 0 Å². The molecular formula is C28H30NO9+. The van der Waals surface area contributed by atoms with Gasteiger partial charge in [-0.25, -0.2) is 14.4 Å². The molecule has 0 unspecified atom stereocenters. The Balaban J connectivity index is 1.48. The zero-order valence-electron chi connectivity index (χ0n) is 21.0. The fraction of sp³-hybridized carbons (Fsp3) is 0.250. The molecule has 0 N–H and O–H groups in total. The van der Waals surface area contributed by atoms with Gasteiger partial charge in [-0.15, -0.1) is 0 Å². The summed E-state index contributed by atoms with van der Waals surface area (Å²) in [6.07, 6.45) is -2.52. The van der Waals surface area contributed by atoms with Crippen molar-refractivity contribution >= 4 is 18.5 Å². The molecule has 0 aliphatic rings. The molecular weight excluding hydrogens is 494 g/mol. The lowest BCUT2D eigenvalue weighted by atomic mass is 10.3. The Bertz CT molecular complexity index is 997. The largest absolute Gasteiger partial charge is 0.514 e. The Morgan fingerprint density at radius 1 is 0.500 bits per heavy atom. The molecule has 0 radical (unpaired) electrons. The molecule has 3 rings (SSSR count). The van der Waals surface area contributed by atoms with Crippen LogP contribution in [0.1, 0.15) is 0 Å². The van der Waals surface area contributed by atoms with Gasteiger partial charge in [0, 0.05) is 0 Å². The van der Waals surface area contributed by atoms with Gasteiger partial charge in [0.25, 0.3) is 0 Å². The maximum atomic E-state index is 12.0. The number of hydrogen-bond acceptors (Lipinski definition) is 9. The molecule has 0 aromatic heterocycles. The second-order valence-electron chi connectivity index (χ2n) is 8.33. The summed E-state index contributed by atoms with van der Waals surface area (Å²) in [5.74, 6) is 1.10. The summed E-state index contributed by atoms with van der Waals surface area (Å²) in [5, 5.41) is 0. The molecule has 0 fully saturated rings. The quantitative estimate of drug-likeness (QED) is 0.139. The normalized spacial score (nSPS) is 10.7. The summed E-state index contributed by atoms with van der Waals surface area (Å²) in [6, 6.07) is 25.7. The van der Waals surface area contributed by atoms with Gasteiger partial charge in [0.1, 0.15) is 56.7 Å². The molecule has 0 aliphatic carbocycles. The number of quaternary nitrogens is 1. The monoisotopic (exact) mass is 524 g/mol. The van der Waals surface area contributed by atoms with Gasteiger partial charge in [-0.1, -0.05) is 54.6 Å². The van der Waals surface area contributed by atoms with E-state index in [9.17, 15) is 14.4 Å². The van der Waals surface area contributed by atoms with Gasteiger partial charge in [0.2, 0.25) is 0 Å². The smallest absolute Gasteiger partial charge is 0.428 e. The highest BCUT2D eigenvalue weighted by atomic mass is 16.7. The van der Waals surface area contributed by atoms with Crippen LogP contribution in [0.3, 0.4) is 0 Å². The van der Waals surface area contributed by atoms with E-state index in [4.69, 9.17) is 28.4 Å². The third-order valence-corrected chi connectivity index (χ3v) is 5.39. The summed E-state index contributed by atoms with van der Waals surface area (Å²) in [5.41, 5.74) is 0. The molecule has 3 aromatic rings. The molecule has 10 nitrogen and oxygen atoms in total. The summed E-state index contributed by atoms with van der Waals surface area (Å²) in [4.78, 5) is 36.1. The standard InChI is InChI=1S/C28H30NO9/c1-29(17-20-33-26(30)36-23-11-5-2-6-12-23,18-21-34-27(31)37-24-13-7-3-8-14-24)19-22-35-28(32)38-25-15-9-4-10-16-25/h2-16H,17-22H2,1H3/q+1. The van der Waals surface area contributed by atoms with Crippen LogP contribution in [0.25, 0.3) is 0 Å². The third-order valence-electron chi connectivity index (χ3n) is 5.39. The highest BCUT2D eigenvalue weighted by Crippen LogP contribution is 2.12. The molecule has 0 spiro atoms. The fourth-order valence-electron chi connectivity index (χ4n) is 3.23. The van der Waals surface area contributed by atoms with Crippen LogP contribution < -0.4 is 14.2 Å². The summed E-state index contributed by atoms with van der Waals surface area (Å²) in [6.45, 7) is 1.05. The van der Waals surface area contributed by atoms with Crippen molar-refractivity contribution in [1.29, 1.82) is 0 Å². The van der Waals surface area contributed by atoms with Crippen LogP contribution in [0, 0.1) is 0 Å². The second kappa shape index (κ2) is 14.9. The minimum atomic E-state index is -0.840. The van der Waals surface area contributed by atoms with Gasteiger partial charge < -0.3 is 32.9 Å². The minimum Gasteiger partial charge on any atom is -0.428 e. The van der Waals surface area contributed by atoms with Crippen molar-refractivity contribution in [2.24, 2.45) is 0 Å². The first kappa shape index (κ1) is 28.0. The van der Waals surface area contributed by atoms with Crippen molar-refractivity contribution in [1.82, 2.24) is 0 Å². The zero-order valence-corrected chi connectivity index (χ0v) is 21.0. The predicted molar refractivity (Wildman–Crippen MR) is 136 cm³/mol. The van der Waals surface area contributed by atoms with Crippen LogP contribution >= 0.6 is 0 Å². The zero-order chi connectivity index (χ0) is 27.1. The number of benzene rings is 3. The number of para-hydroxylation sites is 3. The van der Waals surface area contributed by atoms with Crippen molar-refractivity contribution in [3.63, 3.8) is 0 Å². The van der Waals surface area contributed by atoms with E-state index in [1.807, 2.05) is 7.05 Å². The van der Waals surface area contributed by atoms with E-state index in [0.29, 0.717) is 36.9 Å². The van der Waals surface area contributed by atoms with E-state index in [1.54, 1.807) is 91.0 Å². The van der Waals surface area contributed by atoms with E-state index in [0.717, 1.165) is 0 Å². The van der Waals surface area contributed by atoms with Crippen LogP contribution in [-0.2, 0) is 14.2 Å². The lowest BCUT2D eigenvalue weighted by Gasteiger charge is -2.33. The first-order chi connectivity index (χ1) is 18.4. The van der Waals surface area contributed by atoms with Gasteiger partial charge in [0.15, 0.2) is 0 Å². The average molecular weight is 525 g/mol. The van der Waals surface area contributed by atoms with E-state index in [-0.39, 0.29) is 24.3 Å². The van der Waals surface area contributed by atoms with Gasteiger partial charge in [-0.05, 0) is 36.4 Å². The van der Waals surface area contributed by atoms with Gasteiger partial charge >= 0.3 is 18.5 Å². The Hall–Kier alpha value is -4.57. The molecule has 10 heteroatoms. The van der Waals surface area contributed by atoms with Crippen LogP contribution in [-0.4, -0.2) is 69.5 Å². The number of hydrogen-bond donors (Lipinski definition) is 0. The van der Waals surface area contributed by atoms with Crippen LogP contribution in [0.5, 0.6) is 17.2 Å². The van der Waals surface area contributed by atoms with Crippen LogP contribution in [0.2, 0.25) is 0 Å². The molecule has 0 atom stereocenters. The number of likely N-dealkylation sites (N-methyl/N-ethyl adjacent to an activating group) is 1. The number of rotatable bonds is 12. The van der Waals surface area contributed by atoms with Crippen molar-refractivity contribution in [2.75, 3.05) is 46.5 Å². The highest BCUT2D eigenvalue weighted by Gasteiger charge is 2.24. The third kappa shape index (κ3) is 10.6. The second-order valence-corrected chi connectivity index (χ2v) is 8.33. The molecule has 3 aromatic carbocycles. The first-order valence-electron chi connectivity index (χ1n) is 11.9. The maximum Gasteiger partial charge on any atom is 0.514 e. The summed E-state index contributed by atoms with van der Waals surface area (Å²) >= 11 is 0. The molecule has 0 aliphatic heterocycles. The minimum absolute atomic E-state index is 0.0189. The molecule has 0 bridgehead atoms. The van der Waals surface area contributed by atoms with Crippen molar-refractivity contribution in [3.8, 4) is 17.2 Å². The fourth-order valence-corrected chi connectivity index (χ4v) is 3.23. The van der Waals surface area contributed by atoms with Crippen molar-refractivity contribution in [3.05, 3.63) is 91.0 Å². The number of carbonyl (C=O) groups excluding carboxylic acids is 3. The Labute approximate surface area is 220 Å². The number of ether oxygens (including phenoxy) is 6. The topological polar surface area (TPSA) is 107 Å². The van der Waals surface area contributed by atoms with Crippen molar-refractivity contribution < 1.29 is 47.3 Å². The van der Waals surface area contributed by atoms with Gasteiger partial charge in [-0.3, -0.25) is 0 Å². The molecule has 0 heterocycles. The van der Waals surface area contributed by atoms with Crippen LogP contribution in [0.15, 0.2) is 91.0 Å². The van der Waals surface area contributed by atoms with Crippen molar-refractivity contribution in [2.45, 2.75) is 0 Å². The molecule has 200 valence electrons.